The number of amides is 1. The number of benzene rings is 1. The molecule has 0 spiro atoms. The molecule has 3 saturated carbocycles. The lowest BCUT2D eigenvalue weighted by molar-refractivity contribution is -0.123. The second-order valence-electron chi connectivity index (χ2n) is 8.68. The van der Waals surface area contributed by atoms with Crippen LogP contribution in [0.1, 0.15) is 24.8 Å². The molecule has 5 nitrogen and oxygen atoms in total. The lowest BCUT2D eigenvalue weighted by Gasteiger charge is -2.26. The topological polar surface area (TPSA) is 50.8 Å². The Hall–Kier alpha value is -1.59. The molecule has 0 aromatic heterocycles. The van der Waals surface area contributed by atoms with Crippen LogP contribution in [0.25, 0.3) is 0 Å². The summed E-state index contributed by atoms with van der Waals surface area (Å²) in [6.45, 7) is 5.82. The molecule has 1 saturated heterocycles. The minimum atomic E-state index is 0.278. The highest BCUT2D eigenvalue weighted by atomic mass is 16.5. The van der Waals surface area contributed by atoms with Crippen molar-refractivity contribution in [2.45, 2.75) is 25.8 Å². The summed E-state index contributed by atoms with van der Waals surface area (Å²) in [6, 6.07) is 8.12. The fourth-order valence-corrected chi connectivity index (χ4v) is 5.85. The zero-order chi connectivity index (χ0) is 18.2. The Morgan fingerprint density at radius 3 is 2.74 bits per heavy atom. The third-order valence-corrected chi connectivity index (χ3v) is 7.18. The van der Waals surface area contributed by atoms with E-state index in [1.165, 1.54) is 19.3 Å². The molecule has 3 aliphatic carbocycles. The molecule has 1 aliphatic heterocycles. The number of carbonyl (C=O) groups excluding carboxylic acids is 1. The molecule has 146 valence electrons. The molecule has 1 aromatic carbocycles. The van der Waals surface area contributed by atoms with Crippen LogP contribution in [0.15, 0.2) is 24.3 Å². The monoisotopic (exact) mass is 370 g/mol. The Morgan fingerprint density at radius 1 is 1.19 bits per heavy atom. The Balaban J connectivity index is 1.07. The van der Waals surface area contributed by atoms with Gasteiger partial charge in [0.25, 0.3) is 0 Å². The number of rotatable bonds is 7. The first-order valence-corrected chi connectivity index (χ1v) is 10.6. The SMILES string of the molecule is O=C(NCc1cccc(OCCN2CCOCC2)c1)C1[C@@H]2[C@H]3CC[C@@H](C3)[C@@H]12. The van der Waals surface area contributed by atoms with Crippen molar-refractivity contribution in [3.05, 3.63) is 29.8 Å². The zero-order valence-electron chi connectivity index (χ0n) is 15.9. The van der Waals surface area contributed by atoms with Gasteiger partial charge in [0.2, 0.25) is 5.91 Å². The van der Waals surface area contributed by atoms with E-state index in [1.54, 1.807) is 0 Å². The molecular weight excluding hydrogens is 340 g/mol. The van der Waals surface area contributed by atoms with E-state index in [0.29, 0.717) is 30.9 Å². The van der Waals surface area contributed by atoms with Gasteiger partial charge in [-0.3, -0.25) is 9.69 Å². The van der Waals surface area contributed by atoms with Crippen molar-refractivity contribution < 1.29 is 14.3 Å². The molecule has 27 heavy (non-hydrogen) atoms. The Labute approximate surface area is 161 Å². The highest BCUT2D eigenvalue weighted by Gasteiger charge is 2.67. The van der Waals surface area contributed by atoms with Gasteiger partial charge >= 0.3 is 0 Å². The molecule has 2 bridgehead atoms. The van der Waals surface area contributed by atoms with E-state index in [2.05, 4.69) is 22.3 Å². The maximum atomic E-state index is 12.6. The van der Waals surface area contributed by atoms with Gasteiger partial charge in [0.05, 0.1) is 13.2 Å². The number of morpholine rings is 1. The van der Waals surface area contributed by atoms with Crippen LogP contribution in [-0.2, 0) is 16.1 Å². The first-order valence-electron chi connectivity index (χ1n) is 10.6. The number of ether oxygens (including phenoxy) is 2. The molecule has 4 atom stereocenters. The molecule has 4 fully saturated rings. The van der Waals surface area contributed by atoms with Gasteiger partial charge < -0.3 is 14.8 Å². The van der Waals surface area contributed by atoms with Gasteiger partial charge in [-0.25, -0.2) is 0 Å². The summed E-state index contributed by atoms with van der Waals surface area (Å²) < 4.78 is 11.3. The molecule has 0 radical (unpaired) electrons. The standard InChI is InChI=1S/C22H30N2O3/c25-22(21-19-16-4-5-17(13-16)20(19)21)23-14-15-2-1-3-18(12-15)27-11-8-24-6-9-26-10-7-24/h1-3,12,16-17,19-21H,4-11,13-14H2,(H,23,25)/t16-,17-,19+,20+/m0/s1. The Kier molecular flexibility index (Phi) is 4.82. The maximum absolute atomic E-state index is 12.6. The van der Waals surface area contributed by atoms with Gasteiger partial charge in [0.1, 0.15) is 12.4 Å². The average Bonchev–Trinajstić information content (AvgIpc) is 3.14. The summed E-state index contributed by atoms with van der Waals surface area (Å²) in [7, 11) is 0. The van der Waals surface area contributed by atoms with Crippen LogP contribution < -0.4 is 10.1 Å². The predicted molar refractivity (Wildman–Crippen MR) is 102 cm³/mol. The minimum absolute atomic E-state index is 0.278. The van der Waals surface area contributed by atoms with Crippen LogP contribution >= 0.6 is 0 Å². The van der Waals surface area contributed by atoms with E-state index < -0.39 is 0 Å². The molecule has 1 aromatic rings. The van der Waals surface area contributed by atoms with Gasteiger partial charge in [-0.05, 0) is 60.6 Å². The summed E-state index contributed by atoms with van der Waals surface area (Å²) in [5.41, 5.74) is 1.11. The van der Waals surface area contributed by atoms with Gasteiger partial charge in [0, 0.05) is 32.1 Å². The van der Waals surface area contributed by atoms with Crippen molar-refractivity contribution in [3.8, 4) is 5.75 Å². The van der Waals surface area contributed by atoms with Crippen molar-refractivity contribution in [1.82, 2.24) is 10.2 Å². The molecule has 1 amide bonds. The summed E-state index contributed by atoms with van der Waals surface area (Å²) >= 11 is 0. The predicted octanol–water partition coefficient (Wildman–Crippen LogP) is 2.31. The van der Waals surface area contributed by atoms with Gasteiger partial charge in [-0.15, -0.1) is 0 Å². The van der Waals surface area contributed by atoms with Crippen LogP contribution in [0.5, 0.6) is 5.75 Å². The lowest BCUT2D eigenvalue weighted by atomic mass is 10.0. The van der Waals surface area contributed by atoms with Crippen LogP contribution in [-0.4, -0.2) is 50.3 Å². The maximum Gasteiger partial charge on any atom is 0.223 e. The first-order chi connectivity index (χ1) is 13.3. The number of nitrogens with one attached hydrogen (secondary N) is 1. The van der Waals surface area contributed by atoms with E-state index in [9.17, 15) is 4.79 Å². The van der Waals surface area contributed by atoms with Crippen molar-refractivity contribution >= 4 is 5.91 Å². The molecule has 4 aliphatic rings. The summed E-state index contributed by atoms with van der Waals surface area (Å²) in [4.78, 5) is 15.0. The summed E-state index contributed by atoms with van der Waals surface area (Å²) in [6.07, 6.45) is 4.11. The van der Waals surface area contributed by atoms with Crippen molar-refractivity contribution in [3.63, 3.8) is 0 Å². The quantitative estimate of drug-likeness (QED) is 0.800. The van der Waals surface area contributed by atoms with Crippen LogP contribution in [0.2, 0.25) is 0 Å². The number of carbonyl (C=O) groups is 1. The second kappa shape index (κ2) is 7.44. The Bertz CT molecular complexity index is 672. The highest BCUT2D eigenvalue weighted by Crippen LogP contribution is 2.69. The molecular formula is C22H30N2O3. The first kappa shape index (κ1) is 17.5. The van der Waals surface area contributed by atoms with Crippen molar-refractivity contribution in [1.29, 1.82) is 0 Å². The van der Waals surface area contributed by atoms with Gasteiger partial charge in [0.15, 0.2) is 0 Å². The van der Waals surface area contributed by atoms with Crippen LogP contribution in [0.4, 0.5) is 0 Å². The third kappa shape index (κ3) is 3.59. The third-order valence-electron chi connectivity index (χ3n) is 7.18. The summed E-state index contributed by atoms with van der Waals surface area (Å²) in [5.74, 6) is 4.58. The van der Waals surface area contributed by atoms with E-state index in [4.69, 9.17) is 9.47 Å². The number of nitrogens with zero attached hydrogens (tertiary/aromatic N) is 1. The largest absolute Gasteiger partial charge is 0.492 e. The molecule has 1 N–H and O–H groups in total. The number of fused-ring (bicyclic) bond motifs is 5. The second-order valence-corrected chi connectivity index (χ2v) is 8.68. The van der Waals surface area contributed by atoms with Crippen molar-refractivity contribution in [2.24, 2.45) is 29.6 Å². The fraction of sp³-hybridized carbons (Fsp3) is 0.682. The van der Waals surface area contributed by atoms with E-state index in [0.717, 1.165) is 56.0 Å². The van der Waals surface area contributed by atoms with E-state index >= 15 is 0 Å². The smallest absolute Gasteiger partial charge is 0.223 e. The van der Waals surface area contributed by atoms with Crippen molar-refractivity contribution in [2.75, 3.05) is 39.5 Å². The minimum Gasteiger partial charge on any atom is -0.492 e. The Morgan fingerprint density at radius 2 is 1.96 bits per heavy atom. The van der Waals surface area contributed by atoms with Gasteiger partial charge in [-0.1, -0.05) is 12.1 Å². The summed E-state index contributed by atoms with van der Waals surface area (Å²) in [5, 5.41) is 3.18. The molecule has 0 unspecified atom stereocenters. The molecule has 1 heterocycles. The zero-order valence-corrected chi connectivity index (χ0v) is 15.9. The van der Waals surface area contributed by atoms with E-state index in [1.807, 2.05) is 12.1 Å². The molecule has 5 rings (SSSR count). The normalized spacial score (nSPS) is 34.3. The van der Waals surface area contributed by atoms with Gasteiger partial charge in [-0.2, -0.15) is 0 Å². The lowest BCUT2D eigenvalue weighted by Crippen LogP contribution is -2.38. The van der Waals surface area contributed by atoms with Crippen LogP contribution in [0, 0.1) is 29.6 Å². The highest BCUT2D eigenvalue weighted by molar-refractivity contribution is 5.82. The van der Waals surface area contributed by atoms with Crippen LogP contribution in [0.3, 0.4) is 0 Å². The molecule has 5 heteroatoms. The number of hydrogen-bond acceptors (Lipinski definition) is 4. The van der Waals surface area contributed by atoms with E-state index in [-0.39, 0.29) is 5.91 Å². The average molecular weight is 370 g/mol. The number of hydrogen-bond donors (Lipinski definition) is 1. The fourth-order valence-electron chi connectivity index (χ4n) is 5.85.